The number of benzene rings is 1. The molecular formula is C18H29N3O3S. The molecule has 0 N–H and O–H groups in total. The Morgan fingerprint density at radius 2 is 1.84 bits per heavy atom. The second kappa shape index (κ2) is 8.19. The first-order valence-corrected chi connectivity index (χ1v) is 10.6. The summed E-state index contributed by atoms with van der Waals surface area (Å²) in [7, 11) is -1.41. The standard InChI is InChI=1S/C18H29N3O3S/c1-5-16-8-6-7-15(2)18(16)21(25(4,23)24)10-9-17(22)20-13-11-19(3)12-14-20/h6-8H,5,9-14H2,1-4H3. The molecule has 0 unspecified atom stereocenters. The van der Waals surface area contributed by atoms with E-state index < -0.39 is 10.0 Å². The molecule has 1 amide bonds. The van der Waals surface area contributed by atoms with Crippen LogP contribution in [0.5, 0.6) is 0 Å². The maximum Gasteiger partial charge on any atom is 0.232 e. The number of rotatable bonds is 6. The maximum atomic E-state index is 12.5. The molecule has 1 aromatic carbocycles. The third-order valence-corrected chi connectivity index (χ3v) is 5.90. The lowest BCUT2D eigenvalue weighted by molar-refractivity contribution is -0.132. The lowest BCUT2D eigenvalue weighted by Gasteiger charge is -2.33. The lowest BCUT2D eigenvalue weighted by Crippen LogP contribution is -2.48. The van der Waals surface area contributed by atoms with Gasteiger partial charge < -0.3 is 9.80 Å². The summed E-state index contributed by atoms with van der Waals surface area (Å²) in [6.45, 7) is 7.24. The number of anilines is 1. The molecule has 0 saturated carbocycles. The molecule has 0 spiro atoms. The van der Waals surface area contributed by atoms with Crippen molar-refractivity contribution in [3.63, 3.8) is 0 Å². The molecule has 1 saturated heterocycles. The van der Waals surface area contributed by atoms with Gasteiger partial charge in [0.05, 0.1) is 11.9 Å². The predicted octanol–water partition coefficient (Wildman–Crippen LogP) is 1.49. The molecule has 7 heteroatoms. The Hall–Kier alpha value is -1.60. The number of likely N-dealkylation sites (N-methyl/N-ethyl adjacent to an activating group) is 1. The van der Waals surface area contributed by atoms with Crippen LogP contribution < -0.4 is 4.31 Å². The van der Waals surface area contributed by atoms with Gasteiger partial charge in [0.2, 0.25) is 15.9 Å². The van der Waals surface area contributed by atoms with E-state index in [1.165, 1.54) is 10.6 Å². The minimum atomic E-state index is -3.45. The van der Waals surface area contributed by atoms with Crippen LogP contribution >= 0.6 is 0 Å². The van der Waals surface area contributed by atoms with Crippen LogP contribution in [0, 0.1) is 6.92 Å². The van der Waals surface area contributed by atoms with Gasteiger partial charge in [0.15, 0.2) is 0 Å². The highest BCUT2D eigenvalue weighted by Crippen LogP contribution is 2.28. The minimum absolute atomic E-state index is 0.0217. The van der Waals surface area contributed by atoms with Crippen molar-refractivity contribution in [1.82, 2.24) is 9.80 Å². The molecule has 0 aliphatic carbocycles. The van der Waals surface area contributed by atoms with Crippen molar-refractivity contribution in [3.8, 4) is 0 Å². The molecule has 6 nitrogen and oxygen atoms in total. The van der Waals surface area contributed by atoms with Gasteiger partial charge in [-0.05, 0) is 31.5 Å². The minimum Gasteiger partial charge on any atom is -0.340 e. The molecule has 1 aromatic rings. The van der Waals surface area contributed by atoms with Crippen molar-refractivity contribution >= 4 is 21.6 Å². The second-order valence-electron chi connectivity index (χ2n) is 6.71. The Labute approximate surface area is 151 Å². The van der Waals surface area contributed by atoms with E-state index in [-0.39, 0.29) is 18.9 Å². The fraction of sp³-hybridized carbons (Fsp3) is 0.611. The molecule has 1 aliphatic rings. The summed E-state index contributed by atoms with van der Waals surface area (Å²) in [5.74, 6) is 0.0217. The summed E-state index contributed by atoms with van der Waals surface area (Å²) >= 11 is 0. The number of piperazine rings is 1. The summed E-state index contributed by atoms with van der Waals surface area (Å²) in [5, 5.41) is 0. The van der Waals surface area contributed by atoms with E-state index in [1.54, 1.807) is 0 Å². The van der Waals surface area contributed by atoms with Crippen LogP contribution in [-0.4, -0.2) is 70.2 Å². The number of hydrogen-bond donors (Lipinski definition) is 0. The largest absolute Gasteiger partial charge is 0.340 e. The number of carbonyl (C=O) groups is 1. The zero-order valence-corrected chi connectivity index (χ0v) is 16.5. The maximum absolute atomic E-state index is 12.5. The van der Waals surface area contributed by atoms with Gasteiger partial charge in [0.25, 0.3) is 0 Å². The zero-order chi connectivity index (χ0) is 18.6. The first-order chi connectivity index (χ1) is 11.7. The SMILES string of the molecule is CCc1cccc(C)c1N(CCC(=O)N1CCN(C)CC1)S(C)(=O)=O. The molecule has 25 heavy (non-hydrogen) atoms. The molecule has 0 bridgehead atoms. The first kappa shape index (κ1) is 19.7. The van der Waals surface area contributed by atoms with Crippen LogP contribution in [-0.2, 0) is 21.2 Å². The lowest BCUT2D eigenvalue weighted by atomic mass is 10.1. The van der Waals surface area contributed by atoms with Gasteiger partial charge in [-0.1, -0.05) is 25.1 Å². The van der Waals surface area contributed by atoms with Crippen LogP contribution in [0.4, 0.5) is 5.69 Å². The van der Waals surface area contributed by atoms with Crippen LogP contribution in [0.15, 0.2) is 18.2 Å². The van der Waals surface area contributed by atoms with Crippen molar-refractivity contribution < 1.29 is 13.2 Å². The highest BCUT2D eigenvalue weighted by atomic mass is 32.2. The fourth-order valence-electron chi connectivity index (χ4n) is 3.22. The first-order valence-electron chi connectivity index (χ1n) is 8.76. The normalized spacial score (nSPS) is 16.1. The number of hydrogen-bond acceptors (Lipinski definition) is 4. The summed E-state index contributed by atoms with van der Waals surface area (Å²) < 4.78 is 26.2. The van der Waals surface area contributed by atoms with Gasteiger partial charge in [-0.15, -0.1) is 0 Å². The Morgan fingerprint density at radius 1 is 1.20 bits per heavy atom. The number of para-hydroxylation sites is 1. The summed E-state index contributed by atoms with van der Waals surface area (Å²) in [6, 6.07) is 5.80. The average molecular weight is 368 g/mol. The van der Waals surface area contributed by atoms with Gasteiger partial charge in [-0.2, -0.15) is 0 Å². The third-order valence-electron chi connectivity index (χ3n) is 4.74. The van der Waals surface area contributed by atoms with Crippen LogP contribution in [0.2, 0.25) is 0 Å². The van der Waals surface area contributed by atoms with Crippen LogP contribution in [0.3, 0.4) is 0 Å². The number of sulfonamides is 1. The molecule has 0 radical (unpaired) electrons. The highest BCUT2D eigenvalue weighted by molar-refractivity contribution is 7.92. The van der Waals surface area contributed by atoms with Gasteiger partial charge in [-0.3, -0.25) is 9.10 Å². The summed E-state index contributed by atoms with van der Waals surface area (Å²) in [5.41, 5.74) is 2.62. The fourth-order valence-corrected chi connectivity index (χ4v) is 4.23. The molecular weight excluding hydrogens is 338 g/mol. The number of carbonyl (C=O) groups excluding carboxylic acids is 1. The Kier molecular flexibility index (Phi) is 6.46. The van der Waals surface area contributed by atoms with Crippen molar-refractivity contribution in [2.24, 2.45) is 0 Å². The van der Waals surface area contributed by atoms with Gasteiger partial charge in [0.1, 0.15) is 0 Å². The van der Waals surface area contributed by atoms with Crippen LogP contribution in [0.1, 0.15) is 24.5 Å². The second-order valence-corrected chi connectivity index (χ2v) is 8.61. The van der Waals surface area contributed by atoms with E-state index in [4.69, 9.17) is 0 Å². The molecule has 2 rings (SSSR count). The van der Waals surface area contributed by atoms with Crippen molar-refractivity contribution in [2.45, 2.75) is 26.7 Å². The molecule has 1 heterocycles. The molecule has 140 valence electrons. The van der Waals surface area contributed by atoms with E-state index >= 15 is 0 Å². The topological polar surface area (TPSA) is 60.9 Å². The van der Waals surface area contributed by atoms with Gasteiger partial charge >= 0.3 is 0 Å². The molecule has 0 atom stereocenters. The van der Waals surface area contributed by atoms with E-state index in [1.807, 2.05) is 44.0 Å². The highest BCUT2D eigenvalue weighted by Gasteiger charge is 2.25. The monoisotopic (exact) mass is 367 g/mol. The molecule has 1 aliphatic heterocycles. The summed E-state index contributed by atoms with van der Waals surface area (Å²) in [4.78, 5) is 16.5. The summed E-state index contributed by atoms with van der Waals surface area (Å²) in [6.07, 6.45) is 2.16. The quantitative estimate of drug-likeness (QED) is 0.764. The number of nitrogens with zero attached hydrogens (tertiary/aromatic N) is 3. The van der Waals surface area contributed by atoms with E-state index in [0.29, 0.717) is 13.1 Å². The van der Waals surface area contributed by atoms with Crippen molar-refractivity contribution in [1.29, 1.82) is 0 Å². The van der Waals surface area contributed by atoms with Crippen molar-refractivity contribution in [2.75, 3.05) is 50.3 Å². The number of amides is 1. The zero-order valence-electron chi connectivity index (χ0n) is 15.7. The smallest absolute Gasteiger partial charge is 0.232 e. The van der Waals surface area contributed by atoms with Crippen LogP contribution in [0.25, 0.3) is 0 Å². The Balaban J connectivity index is 2.16. The van der Waals surface area contributed by atoms with Gasteiger partial charge in [0, 0.05) is 39.1 Å². The van der Waals surface area contributed by atoms with E-state index in [9.17, 15) is 13.2 Å². The third kappa shape index (κ3) is 4.95. The molecule has 1 fully saturated rings. The predicted molar refractivity (Wildman–Crippen MR) is 101 cm³/mol. The van der Waals surface area contributed by atoms with E-state index in [2.05, 4.69) is 4.90 Å². The average Bonchev–Trinajstić information content (AvgIpc) is 2.55. The van der Waals surface area contributed by atoms with E-state index in [0.717, 1.165) is 36.3 Å². The molecule has 0 aromatic heterocycles. The Bertz CT molecular complexity index is 710. The Morgan fingerprint density at radius 3 is 2.40 bits per heavy atom. The van der Waals surface area contributed by atoms with Crippen molar-refractivity contribution in [3.05, 3.63) is 29.3 Å². The number of aryl methyl sites for hydroxylation is 2. The van der Waals surface area contributed by atoms with Gasteiger partial charge in [-0.25, -0.2) is 8.42 Å².